The second kappa shape index (κ2) is 5.50. The maximum atomic E-state index is 5.20. The number of aromatic amines is 1. The molecule has 0 radical (unpaired) electrons. The van der Waals surface area contributed by atoms with E-state index in [4.69, 9.17) is 4.74 Å². The normalized spacial score (nSPS) is 10.5. The number of rotatable bonds is 5. The van der Waals surface area contributed by atoms with Crippen molar-refractivity contribution in [2.45, 2.75) is 13.5 Å². The molecule has 0 amide bonds. The number of hydrogen-bond acceptors (Lipinski definition) is 3. The van der Waals surface area contributed by atoms with Crippen LogP contribution in [0.1, 0.15) is 12.7 Å². The summed E-state index contributed by atoms with van der Waals surface area (Å²) in [6, 6.07) is 7.93. The van der Waals surface area contributed by atoms with E-state index in [0.717, 1.165) is 35.9 Å². The Hall–Kier alpha value is -1.81. The van der Waals surface area contributed by atoms with E-state index in [-0.39, 0.29) is 0 Å². The lowest BCUT2D eigenvalue weighted by molar-refractivity contribution is 0.415. The molecule has 1 heterocycles. The first kappa shape index (κ1) is 11.7. The molecule has 0 aliphatic rings. The molecule has 4 nitrogen and oxygen atoms in total. The maximum absolute atomic E-state index is 5.20. The van der Waals surface area contributed by atoms with Crippen molar-refractivity contribution in [2.24, 2.45) is 0 Å². The van der Waals surface area contributed by atoms with Crippen molar-refractivity contribution in [1.29, 1.82) is 0 Å². The van der Waals surface area contributed by atoms with Crippen molar-refractivity contribution in [3.63, 3.8) is 0 Å². The molecule has 1 aromatic heterocycles. The third-order valence-corrected chi connectivity index (χ3v) is 2.55. The molecule has 4 heteroatoms. The predicted molar refractivity (Wildman–Crippen MR) is 68.0 cm³/mol. The van der Waals surface area contributed by atoms with E-state index in [1.54, 1.807) is 7.11 Å². The molecule has 0 bridgehead atoms. The van der Waals surface area contributed by atoms with Crippen LogP contribution in [-0.4, -0.2) is 23.6 Å². The Morgan fingerprint density at radius 3 is 3.06 bits per heavy atom. The van der Waals surface area contributed by atoms with Gasteiger partial charge in [-0.05, 0) is 18.7 Å². The zero-order chi connectivity index (χ0) is 12.1. The van der Waals surface area contributed by atoms with Crippen LogP contribution in [0.5, 0.6) is 5.75 Å². The minimum absolute atomic E-state index is 0.764. The number of hydrogen-bond donors (Lipinski definition) is 2. The standard InChI is InChI=1S/C13H17N3O/c1-3-14-9-13-15-8-12(16-13)10-5-4-6-11(7-10)17-2/h4-8,14H,3,9H2,1-2H3,(H,15,16). The van der Waals surface area contributed by atoms with Gasteiger partial charge in [0.2, 0.25) is 0 Å². The monoisotopic (exact) mass is 231 g/mol. The van der Waals surface area contributed by atoms with E-state index in [9.17, 15) is 0 Å². The van der Waals surface area contributed by atoms with Gasteiger partial charge >= 0.3 is 0 Å². The van der Waals surface area contributed by atoms with Crippen LogP contribution < -0.4 is 10.1 Å². The molecule has 0 atom stereocenters. The van der Waals surface area contributed by atoms with Crippen LogP contribution in [0, 0.1) is 0 Å². The fourth-order valence-corrected chi connectivity index (χ4v) is 1.63. The molecule has 0 fully saturated rings. The highest BCUT2D eigenvalue weighted by Gasteiger charge is 2.03. The van der Waals surface area contributed by atoms with Crippen molar-refractivity contribution in [1.82, 2.24) is 15.3 Å². The third kappa shape index (κ3) is 2.85. The molecule has 0 aliphatic carbocycles. The number of aromatic nitrogens is 2. The summed E-state index contributed by atoms with van der Waals surface area (Å²) in [7, 11) is 1.67. The Morgan fingerprint density at radius 2 is 2.29 bits per heavy atom. The smallest absolute Gasteiger partial charge is 0.120 e. The number of H-pyrrole nitrogens is 1. The van der Waals surface area contributed by atoms with Crippen molar-refractivity contribution < 1.29 is 4.74 Å². The lowest BCUT2D eigenvalue weighted by atomic mass is 10.1. The number of ether oxygens (including phenoxy) is 1. The minimum Gasteiger partial charge on any atom is -0.497 e. The van der Waals surface area contributed by atoms with Crippen LogP contribution in [0.15, 0.2) is 30.5 Å². The summed E-state index contributed by atoms with van der Waals surface area (Å²) in [4.78, 5) is 7.61. The number of nitrogens with one attached hydrogen (secondary N) is 2. The molecule has 17 heavy (non-hydrogen) atoms. The molecule has 0 saturated heterocycles. The van der Waals surface area contributed by atoms with Gasteiger partial charge in [-0.25, -0.2) is 4.98 Å². The van der Waals surface area contributed by atoms with E-state index in [2.05, 4.69) is 22.2 Å². The number of methoxy groups -OCH3 is 1. The van der Waals surface area contributed by atoms with E-state index in [0.29, 0.717) is 0 Å². The number of nitrogens with zero attached hydrogens (tertiary/aromatic N) is 1. The summed E-state index contributed by atoms with van der Waals surface area (Å²) in [5.74, 6) is 1.80. The quantitative estimate of drug-likeness (QED) is 0.829. The van der Waals surface area contributed by atoms with Gasteiger partial charge in [0.15, 0.2) is 0 Å². The first-order chi connectivity index (χ1) is 8.33. The molecule has 1 aromatic carbocycles. The van der Waals surface area contributed by atoms with Crippen LogP contribution in [0.3, 0.4) is 0 Å². The van der Waals surface area contributed by atoms with Crippen LogP contribution in [0.2, 0.25) is 0 Å². The average molecular weight is 231 g/mol. The molecule has 2 N–H and O–H groups in total. The van der Waals surface area contributed by atoms with Crippen molar-refractivity contribution in [3.8, 4) is 17.0 Å². The zero-order valence-corrected chi connectivity index (χ0v) is 10.2. The first-order valence-electron chi connectivity index (χ1n) is 5.72. The highest BCUT2D eigenvalue weighted by Crippen LogP contribution is 2.21. The summed E-state index contributed by atoms with van der Waals surface area (Å²) < 4.78 is 5.20. The van der Waals surface area contributed by atoms with Gasteiger partial charge in [-0.15, -0.1) is 0 Å². The summed E-state index contributed by atoms with van der Waals surface area (Å²) in [5.41, 5.74) is 2.09. The van der Waals surface area contributed by atoms with Gasteiger partial charge in [-0.2, -0.15) is 0 Å². The summed E-state index contributed by atoms with van der Waals surface area (Å²) >= 11 is 0. The van der Waals surface area contributed by atoms with Gasteiger partial charge in [0.25, 0.3) is 0 Å². The molecule has 90 valence electrons. The van der Waals surface area contributed by atoms with Crippen molar-refractivity contribution in [3.05, 3.63) is 36.3 Å². The lowest BCUT2D eigenvalue weighted by Crippen LogP contribution is -2.12. The van der Waals surface area contributed by atoms with E-state index >= 15 is 0 Å². The number of benzene rings is 1. The second-order valence-corrected chi connectivity index (χ2v) is 3.76. The maximum Gasteiger partial charge on any atom is 0.120 e. The van der Waals surface area contributed by atoms with Gasteiger partial charge in [-0.3, -0.25) is 0 Å². The first-order valence-corrected chi connectivity index (χ1v) is 5.72. The van der Waals surface area contributed by atoms with Gasteiger partial charge < -0.3 is 15.0 Å². The number of imidazole rings is 1. The molecule has 2 aromatic rings. The predicted octanol–water partition coefficient (Wildman–Crippen LogP) is 2.19. The van der Waals surface area contributed by atoms with Crippen LogP contribution in [-0.2, 0) is 6.54 Å². The minimum atomic E-state index is 0.764. The molecule has 0 saturated carbocycles. The van der Waals surface area contributed by atoms with Gasteiger partial charge in [0, 0.05) is 5.56 Å². The molecule has 2 rings (SSSR count). The van der Waals surface area contributed by atoms with E-state index in [1.165, 1.54) is 0 Å². The third-order valence-electron chi connectivity index (χ3n) is 2.55. The fraction of sp³-hybridized carbons (Fsp3) is 0.308. The highest BCUT2D eigenvalue weighted by atomic mass is 16.5. The van der Waals surface area contributed by atoms with Crippen molar-refractivity contribution >= 4 is 0 Å². The van der Waals surface area contributed by atoms with Crippen LogP contribution in [0.4, 0.5) is 0 Å². The fourth-order valence-electron chi connectivity index (χ4n) is 1.63. The zero-order valence-electron chi connectivity index (χ0n) is 10.2. The summed E-state index contributed by atoms with van der Waals surface area (Å²) in [6.45, 7) is 3.78. The Kier molecular flexibility index (Phi) is 3.77. The lowest BCUT2D eigenvalue weighted by Gasteiger charge is -2.02. The molecular formula is C13H17N3O. The van der Waals surface area contributed by atoms with Gasteiger partial charge in [0.05, 0.1) is 25.5 Å². The average Bonchev–Trinajstić information content (AvgIpc) is 2.85. The molecule has 0 unspecified atom stereocenters. The second-order valence-electron chi connectivity index (χ2n) is 3.76. The molecular weight excluding hydrogens is 214 g/mol. The highest BCUT2D eigenvalue weighted by molar-refractivity contribution is 5.60. The largest absolute Gasteiger partial charge is 0.497 e. The Morgan fingerprint density at radius 1 is 1.41 bits per heavy atom. The Bertz CT molecular complexity index is 479. The van der Waals surface area contributed by atoms with Crippen LogP contribution >= 0.6 is 0 Å². The van der Waals surface area contributed by atoms with E-state index in [1.807, 2.05) is 30.5 Å². The molecule has 0 aliphatic heterocycles. The summed E-state index contributed by atoms with van der Waals surface area (Å²) in [6.07, 6.45) is 1.85. The van der Waals surface area contributed by atoms with Crippen molar-refractivity contribution in [2.75, 3.05) is 13.7 Å². The Balaban J connectivity index is 2.18. The Labute approximate surface area is 101 Å². The van der Waals surface area contributed by atoms with E-state index < -0.39 is 0 Å². The topological polar surface area (TPSA) is 49.9 Å². The van der Waals surface area contributed by atoms with Gasteiger partial charge in [-0.1, -0.05) is 19.1 Å². The van der Waals surface area contributed by atoms with Gasteiger partial charge in [0.1, 0.15) is 11.6 Å². The van der Waals surface area contributed by atoms with Crippen LogP contribution in [0.25, 0.3) is 11.3 Å². The summed E-state index contributed by atoms with van der Waals surface area (Å²) in [5, 5.41) is 3.23. The molecule has 0 spiro atoms. The SMILES string of the molecule is CCNCc1ncc(-c2cccc(OC)c2)[nH]1.